The molecule has 0 spiro atoms. The summed E-state index contributed by atoms with van der Waals surface area (Å²) in [4.78, 5) is 19.7. The maximum atomic E-state index is 10.7. The van der Waals surface area contributed by atoms with E-state index in [0.29, 0.717) is 5.82 Å². The zero-order valence-electron chi connectivity index (χ0n) is 8.09. The Balaban J connectivity index is 2.41. The predicted octanol–water partition coefficient (Wildman–Crippen LogP) is 0.567. The SMILES string of the molecule is Nc1ncc([N+](=O)[O-])c(N2CCCC2)n1. The molecule has 0 amide bonds. The van der Waals surface area contributed by atoms with Crippen LogP contribution in [0.5, 0.6) is 0 Å². The van der Waals surface area contributed by atoms with Gasteiger partial charge >= 0.3 is 5.69 Å². The van der Waals surface area contributed by atoms with Crippen molar-refractivity contribution in [2.75, 3.05) is 23.7 Å². The van der Waals surface area contributed by atoms with Crippen LogP contribution in [-0.4, -0.2) is 28.0 Å². The van der Waals surface area contributed by atoms with E-state index < -0.39 is 4.92 Å². The molecule has 0 aromatic carbocycles. The van der Waals surface area contributed by atoms with Gasteiger partial charge in [-0.05, 0) is 12.8 Å². The van der Waals surface area contributed by atoms with Gasteiger partial charge in [0, 0.05) is 13.1 Å². The highest BCUT2D eigenvalue weighted by Crippen LogP contribution is 2.27. The third kappa shape index (κ3) is 1.80. The van der Waals surface area contributed by atoms with Crippen molar-refractivity contribution in [3.63, 3.8) is 0 Å². The molecular formula is C8H11N5O2. The van der Waals surface area contributed by atoms with E-state index in [0.717, 1.165) is 32.1 Å². The molecule has 2 rings (SSSR count). The molecule has 0 saturated carbocycles. The van der Waals surface area contributed by atoms with Gasteiger partial charge in [-0.15, -0.1) is 0 Å². The molecule has 15 heavy (non-hydrogen) atoms. The van der Waals surface area contributed by atoms with Gasteiger partial charge in [0.25, 0.3) is 0 Å². The summed E-state index contributed by atoms with van der Waals surface area (Å²) in [6.07, 6.45) is 3.22. The molecule has 2 N–H and O–H groups in total. The molecule has 7 heteroatoms. The molecule has 1 aromatic rings. The number of rotatable bonds is 2. The normalized spacial score (nSPS) is 15.6. The molecule has 1 aliphatic rings. The number of nitrogens with zero attached hydrogens (tertiary/aromatic N) is 4. The average molecular weight is 209 g/mol. The summed E-state index contributed by atoms with van der Waals surface area (Å²) >= 11 is 0. The van der Waals surface area contributed by atoms with E-state index in [9.17, 15) is 10.1 Å². The van der Waals surface area contributed by atoms with Gasteiger partial charge in [0.05, 0.1) is 4.92 Å². The number of nitrogen functional groups attached to an aromatic ring is 1. The highest BCUT2D eigenvalue weighted by molar-refractivity contribution is 5.58. The standard InChI is InChI=1S/C8H11N5O2/c9-8-10-5-6(13(14)15)7(11-8)12-3-1-2-4-12/h5H,1-4H2,(H2,9,10,11). The molecule has 1 aromatic heterocycles. The van der Waals surface area contributed by atoms with Gasteiger partial charge in [0.1, 0.15) is 6.20 Å². The Morgan fingerprint density at radius 3 is 2.73 bits per heavy atom. The quantitative estimate of drug-likeness (QED) is 0.564. The number of hydrogen-bond acceptors (Lipinski definition) is 6. The fourth-order valence-electron chi connectivity index (χ4n) is 1.67. The van der Waals surface area contributed by atoms with Crippen molar-refractivity contribution in [3.05, 3.63) is 16.3 Å². The minimum Gasteiger partial charge on any atom is -0.368 e. The Labute approximate surface area is 86.1 Å². The average Bonchev–Trinajstić information content (AvgIpc) is 2.69. The molecule has 1 aliphatic heterocycles. The van der Waals surface area contributed by atoms with Crippen LogP contribution in [0.4, 0.5) is 17.5 Å². The Kier molecular flexibility index (Phi) is 2.36. The minimum absolute atomic E-state index is 0.0718. The summed E-state index contributed by atoms with van der Waals surface area (Å²) in [6.45, 7) is 1.58. The Bertz CT molecular complexity index is 389. The second-order valence-corrected chi connectivity index (χ2v) is 3.39. The third-order valence-corrected chi connectivity index (χ3v) is 2.37. The van der Waals surface area contributed by atoms with Gasteiger partial charge < -0.3 is 10.6 Å². The van der Waals surface area contributed by atoms with Crippen LogP contribution in [0.2, 0.25) is 0 Å². The van der Waals surface area contributed by atoms with E-state index in [-0.39, 0.29) is 11.6 Å². The van der Waals surface area contributed by atoms with Crippen molar-refractivity contribution in [2.45, 2.75) is 12.8 Å². The molecule has 0 aliphatic carbocycles. The van der Waals surface area contributed by atoms with Crippen molar-refractivity contribution in [2.24, 2.45) is 0 Å². The van der Waals surface area contributed by atoms with Crippen LogP contribution in [-0.2, 0) is 0 Å². The monoisotopic (exact) mass is 209 g/mol. The Morgan fingerprint density at radius 2 is 2.13 bits per heavy atom. The molecular weight excluding hydrogens is 198 g/mol. The first kappa shape index (κ1) is 9.63. The van der Waals surface area contributed by atoms with Crippen molar-refractivity contribution in [3.8, 4) is 0 Å². The fourth-order valence-corrected chi connectivity index (χ4v) is 1.67. The smallest absolute Gasteiger partial charge is 0.329 e. The van der Waals surface area contributed by atoms with Crippen LogP contribution in [0.3, 0.4) is 0 Å². The maximum absolute atomic E-state index is 10.7. The number of nitrogens with two attached hydrogens (primary N) is 1. The van der Waals surface area contributed by atoms with E-state index in [2.05, 4.69) is 9.97 Å². The maximum Gasteiger partial charge on any atom is 0.329 e. The fraction of sp³-hybridized carbons (Fsp3) is 0.500. The van der Waals surface area contributed by atoms with Gasteiger partial charge in [0.15, 0.2) is 0 Å². The molecule has 1 fully saturated rings. The van der Waals surface area contributed by atoms with E-state index in [1.165, 1.54) is 0 Å². The second kappa shape index (κ2) is 3.68. The van der Waals surface area contributed by atoms with Gasteiger partial charge in [-0.2, -0.15) is 4.98 Å². The van der Waals surface area contributed by atoms with Crippen molar-refractivity contribution in [1.82, 2.24) is 9.97 Å². The summed E-state index contributed by atoms with van der Waals surface area (Å²) in [7, 11) is 0. The molecule has 2 heterocycles. The summed E-state index contributed by atoms with van der Waals surface area (Å²) in [6, 6.07) is 0. The van der Waals surface area contributed by atoms with E-state index in [4.69, 9.17) is 5.73 Å². The number of nitro groups is 1. The van der Waals surface area contributed by atoms with Crippen molar-refractivity contribution in [1.29, 1.82) is 0 Å². The van der Waals surface area contributed by atoms with E-state index in [1.54, 1.807) is 0 Å². The molecule has 0 bridgehead atoms. The molecule has 80 valence electrons. The van der Waals surface area contributed by atoms with E-state index >= 15 is 0 Å². The number of aromatic nitrogens is 2. The number of hydrogen-bond donors (Lipinski definition) is 1. The van der Waals surface area contributed by atoms with Gasteiger partial charge in [-0.25, -0.2) is 4.98 Å². The van der Waals surface area contributed by atoms with Crippen molar-refractivity contribution < 1.29 is 4.92 Å². The van der Waals surface area contributed by atoms with Crippen LogP contribution >= 0.6 is 0 Å². The molecule has 1 saturated heterocycles. The largest absolute Gasteiger partial charge is 0.368 e. The lowest BCUT2D eigenvalue weighted by molar-refractivity contribution is -0.384. The van der Waals surface area contributed by atoms with Crippen LogP contribution in [0.25, 0.3) is 0 Å². The predicted molar refractivity (Wildman–Crippen MR) is 54.5 cm³/mol. The lowest BCUT2D eigenvalue weighted by Gasteiger charge is -2.15. The van der Waals surface area contributed by atoms with Crippen LogP contribution in [0.15, 0.2) is 6.20 Å². The first-order valence-corrected chi connectivity index (χ1v) is 4.70. The zero-order chi connectivity index (χ0) is 10.8. The van der Waals surface area contributed by atoms with Crippen LogP contribution in [0, 0.1) is 10.1 Å². The summed E-state index contributed by atoms with van der Waals surface area (Å²) in [5.74, 6) is 0.410. The minimum atomic E-state index is -0.479. The van der Waals surface area contributed by atoms with Gasteiger partial charge in [-0.1, -0.05) is 0 Å². The first-order chi connectivity index (χ1) is 7.18. The molecule has 0 atom stereocenters. The summed E-state index contributed by atoms with van der Waals surface area (Å²) in [5.41, 5.74) is 5.35. The second-order valence-electron chi connectivity index (χ2n) is 3.39. The Hall–Kier alpha value is -1.92. The third-order valence-electron chi connectivity index (χ3n) is 2.37. The first-order valence-electron chi connectivity index (χ1n) is 4.70. The molecule has 0 radical (unpaired) electrons. The number of anilines is 2. The van der Waals surface area contributed by atoms with E-state index in [1.807, 2.05) is 4.90 Å². The summed E-state index contributed by atoms with van der Waals surface area (Å²) in [5, 5.41) is 10.7. The van der Waals surface area contributed by atoms with Crippen LogP contribution < -0.4 is 10.6 Å². The topological polar surface area (TPSA) is 98.2 Å². The van der Waals surface area contributed by atoms with Crippen LogP contribution in [0.1, 0.15) is 12.8 Å². The summed E-state index contributed by atoms with van der Waals surface area (Å²) < 4.78 is 0. The van der Waals surface area contributed by atoms with Gasteiger partial charge in [-0.3, -0.25) is 10.1 Å². The highest BCUT2D eigenvalue weighted by atomic mass is 16.6. The highest BCUT2D eigenvalue weighted by Gasteiger charge is 2.24. The van der Waals surface area contributed by atoms with Crippen molar-refractivity contribution >= 4 is 17.5 Å². The Morgan fingerprint density at radius 1 is 1.47 bits per heavy atom. The lowest BCUT2D eigenvalue weighted by Crippen LogP contribution is -2.21. The van der Waals surface area contributed by atoms with Gasteiger partial charge in [0.2, 0.25) is 11.8 Å². The molecule has 7 nitrogen and oxygen atoms in total. The molecule has 0 unspecified atom stereocenters. The lowest BCUT2D eigenvalue weighted by atomic mass is 10.4. The zero-order valence-corrected chi connectivity index (χ0v) is 8.09.